The summed E-state index contributed by atoms with van der Waals surface area (Å²) in [7, 11) is 0. The third-order valence-electron chi connectivity index (χ3n) is 6.62. The second kappa shape index (κ2) is 8.30. The molecule has 5 heterocycles. The summed E-state index contributed by atoms with van der Waals surface area (Å²) in [5, 5.41) is 9.24. The van der Waals surface area contributed by atoms with Gasteiger partial charge in [-0.1, -0.05) is 11.2 Å². The number of pyridine rings is 2. The molecule has 10 nitrogen and oxygen atoms in total. The maximum Gasteiger partial charge on any atom is 0.292 e. The van der Waals surface area contributed by atoms with Crippen LogP contribution in [-0.2, 0) is 0 Å². The maximum absolute atomic E-state index is 13.8. The van der Waals surface area contributed by atoms with E-state index in [1.165, 1.54) is 0 Å². The predicted molar refractivity (Wildman–Crippen MR) is 126 cm³/mol. The van der Waals surface area contributed by atoms with Gasteiger partial charge in [-0.3, -0.25) is 9.59 Å². The Morgan fingerprint density at radius 2 is 1.74 bits per heavy atom. The van der Waals surface area contributed by atoms with Crippen molar-refractivity contribution in [1.29, 1.82) is 0 Å². The van der Waals surface area contributed by atoms with Gasteiger partial charge in [0.15, 0.2) is 11.5 Å². The van der Waals surface area contributed by atoms with E-state index in [0.717, 1.165) is 29.6 Å². The van der Waals surface area contributed by atoms with Crippen LogP contribution in [0.4, 0.5) is 0 Å². The number of piperazine rings is 1. The highest BCUT2D eigenvalue weighted by atomic mass is 16.5. The van der Waals surface area contributed by atoms with Gasteiger partial charge in [-0.15, -0.1) is 0 Å². The molecule has 1 saturated carbocycles. The van der Waals surface area contributed by atoms with Crippen molar-refractivity contribution in [3.8, 4) is 5.82 Å². The van der Waals surface area contributed by atoms with E-state index in [-0.39, 0.29) is 17.6 Å². The summed E-state index contributed by atoms with van der Waals surface area (Å²) in [5.41, 5.74) is 3.59. The molecule has 1 saturated heterocycles. The van der Waals surface area contributed by atoms with Gasteiger partial charge in [0.25, 0.3) is 11.8 Å². The highest BCUT2D eigenvalue weighted by molar-refractivity contribution is 6.07. The minimum Gasteiger partial charge on any atom is -0.351 e. The van der Waals surface area contributed by atoms with Gasteiger partial charge >= 0.3 is 0 Å². The van der Waals surface area contributed by atoms with Gasteiger partial charge < -0.3 is 14.3 Å². The minimum absolute atomic E-state index is 0.0643. The maximum atomic E-state index is 13.8. The molecule has 2 aliphatic rings. The highest BCUT2D eigenvalue weighted by Crippen LogP contribution is 2.41. The second-order valence-electron chi connectivity index (χ2n) is 9.17. The van der Waals surface area contributed by atoms with Crippen LogP contribution in [0.1, 0.15) is 56.8 Å². The molecule has 2 amide bonds. The Balaban J connectivity index is 1.31. The number of amides is 2. The lowest BCUT2D eigenvalue weighted by Gasteiger charge is -2.34. The lowest BCUT2D eigenvalue weighted by atomic mass is 10.1. The SMILES string of the molecule is Cc1cc(C(=O)N2CCN(C(=O)c3cc(C4CC4)nc4c3c(C)nn4-c3ccccn3)CC2)on1. The third kappa shape index (κ3) is 3.84. The Morgan fingerprint density at radius 1 is 1.00 bits per heavy atom. The van der Waals surface area contributed by atoms with Crippen LogP contribution in [0, 0.1) is 13.8 Å². The van der Waals surface area contributed by atoms with Crippen LogP contribution in [0.15, 0.2) is 41.1 Å². The number of hydrogen-bond donors (Lipinski definition) is 0. The fourth-order valence-corrected chi connectivity index (χ4v) is 4.61. The molecule has 6 rings (SSSR count). The zero-order valence-corrected chi connectivity index (χ0v) is 19.6. The molecule has 2 fully saturated rings. The topological polar surface area (TPSA) is 110 Å². The average molecular weight is 472 g/mol. The number of fused-ring (bicyclic) bond motifs is 1. The second-order valence-corrected chi connectivity index (χ2v) is 9.17. The van der Waals surface area contributed by atoms with E-state index in [9.17, 15) is 9.59 Å². The first-order valence-electron chi connectivity index (χ1n) is 11.8. The lowest BCUT2D eigenvalue weighted by Crippen LogP contribution is -2.50. The standard InChI is InChI=1S/C25H25N7O3/c1-15-13-20(35-29-15)25(34)31-11-9-30(10-12-31)24(33)18-14-19(17-6-7-17)27-23-22(18)16(2)28-32(23)21-5-3-4-8-26-21/h3-5,8,13-14,17H,6-7,9-12H2,1-2H3. The van der Waals surface area contributed by atoms with Crippen molar-refractivity contribution in [2.75, 3.05) is 26.2 Å². The summed E-state index contributed by atoms with van der Waals surface area (Å²) in [4.78, 5) is 39.3. The molecular weight excluding hydrogens is 446 g/mol. The van der Waals surface area contributed by atoms with Gasteiger partial charge in [0, 0.05) is 50.1 Å². The molecule has 0 aromatic carbocycles. The van der Waals surface area contributed by atoms with Gasteiger partial charge in [0.2, 0.25) is 5.76 Å². The number of nitrogens with zero attached hydrogens (tertiary/aromatic N) is 7. The number of rotatable bonds is 4. The summed E-state index contributed by atoms with van der Waals surface area (Å²) in [6.07, 6.45) is 3.87. The molecule has 4 aromatic heterocycles. The Kier molecular flexibility index (Phi) is 5.09. The first-order valence-corrected chi connectivity index (χ1v) is 11.8. The quantitative estimate of drug-likeness (QED) is 0.450. The van der Waals surface area contributed by atoms with E-state index in [1.54, 1.807) is 33.7 Å². The van der Waals surface area contributed by atoms with Crippen molar-refractivity contribution in [2.24, 2.45) is 0 Å². The van der Waals surface area contributed by atoms with Crippen molar-refractivity contribution in [3.05, 3.63) is 64.9 Å². The summed E-state index contributed by atoms with van der Waals surface area (Å²) < 4.78 is 6.85. The van der Waals surface area contributed by atoms with Crippen molar-refractivity contribution in [2.45, 2.75) is 32.6 Å². The summed E-state index contributed by atoms with van der Waals surface area (Å²) >= 11 is 0. The smallest absolute Gasteiger partial charge is 0.292 e. The van der Waals surface area contributed by atoms with Crippen LogP contribution in [0.3, 0.4) is 0 Å². The molecule has 0 atom stereocenters. The van der Waals surface area contributed by atoms with Crippen molar-refractivity contribution >= 4 is 22.8 Å². The number of carbonyl (C=O) groups is 2. The Hall–Kier alpha value is -4.08. The molecule has 0 unspecified atom stereocenters. The molecule has 0 N–H and O–H groups in total. The molecule has 0 spiro atoms. The molecule has 1 aliphatic carbocycles. The largest absolute Gasteiger partial charge is 0.351 e. The van der Waals surface area contributed by atoms with E-state index >= 15 is 0 Å². The zero-order valence-electron chi connectivity index (χ0n) is 19.6. The molecule has 0 bridgehead atoms. The van der Waals surface area contributed by atoms with Gasteiger partial charge in [0.1, 0.15) is 0 Å². The molecule has 1 aliphatic heterocycles. The van der Waals surface area contributed by atoms with Gasteiger partial charge in [-0.2, -0.15) is 9.78 Å². The minimum atomic E-state index is -0.201. The van der Waals surface area contributed by atoms with E-state index < -0.39 is 0 Å². The molecule has 178 valence electrons. The van der Waals surface area contributed by atoms with Gasteiger partial charge in [0.05, 0.1) is 22.3 Å². The Bertz CT molecular complexity index is 1430. The summed E-state index contributed by atoms with van der Waals surface area (Å²) in [5.74, 6) is 1.00. The van der Waals surface area contributed by atoms with E-state index in [0.29, 0.717) is 54.8 Å². The number of aromatic nitrogens is 5. The van der Waals surface area contributed by atoms with Crippen molar-refractivity contribution in [3.63, 3.8) is 0 Å². The molecule has 4 aromatic rings. The fourth-order valence-electron chi connectivity index (χ4n) is 4.61. The van der Waals surface area contributed by atoms with Crippen LogP contribution in [-0.4, -0.2) is 72.7 Å². The molecule has 10 heteroatoms. The Labute approximate surface area is 201 Å². The number of hydrogen-bond acceptors (Lipinski definition) is 7. The van der Waals surface area contributed by atoms with E-state index in [4.69, 9.17) is 14.6 Å². The van der Waals surface area contributed by atoms with Crippen molar-refractivity contribution < 1.29 is 14.1 Å². The molecular formula is C25H25N7O3. The van der Waals surface area contributed by atoms with E-state index in [2.05, 4.69) is 10.1 Å². The third-order valence-corrected chi connectivity index (χ3v) is 6.62. The summed E-state index contributed by atoms with van der Waals surface area (Å²) in [6, 6.07) is 9.21. The number of carbonyl (C=O) groups excluding carboxylic acids is 2. The van der Waals surface area contributed by atoms with E-state index in [1.807, 2.05) is 31.2 Å². The summed E-state index contributed by atoms with van der Waals surface area (Å²) in [6.45, 7) is 5.41. The first-order chi connectivity index (χ1) is 17.0. The van der Waals surface area contributed by atoms with Crippen molar-refractivity contribution in [1.82, 2.24) is 34.7 Å². The molecule has 35 heavy (non-hydrogen) atoms. The highest BCUT2D eigenvalue weighted by Gasteiger charge is 2.32. The predicted octanol–water partition coefficient (Wildman–Crippen LogP) is 2.90. The van der Waals surface area contributed by atoms with Gasteiger partial charge in [-0.05, 0) is 44.9 Å². The molecule has 0 radical (unpaired) electrons. The Morgan fingerprint density at radius 3 is 2.37 bits per heavy atom. The van der Waals surface area contributed by atoms with Crippen LogP contribution in [0.2, 0.25) is 0 Å². The first kappa shape index (κ1) is 21.5. The monoisotopic (exact) mass is 471 g/mol. The van der Waals surface area contributed by atoms with Gasteiger partial charge in [-0.25, -0.2) is 9.97 Å². The lowest BCUT2D eigenvalue weighted by molar-refractivity contribution is 0.0513. The fraction of sp³-hybridized carbons (Fsp3) is 0.360. The number of aryl methyl sites for hydroxylation is 2. The van der Waals surface area contributed by atoms with Crippen LogP contribution in [0.5, 0.6) is 0 Å². The van der Waals surface area contributed by atoms with Crippen LogP contribution in [0.25, 0.3) is 16.9 Å². The average Bonchev–Trinajstić information content (AvgIpc) is 3.57. The normalized spacial score (nSPS) is 16.2. The van der Waals surface area contributed by atoms with Crippen LogP contribution >= 0.6 is 0 Å². The van der Waals surface area contributed by atoms with Crippen LogP contribution < -0.4 is 0 Å². The zero-order chi connectivity index (χ0) is 24.1.